The van der Waals surface area contributed by atoms with Crippen LogP contribution in [0.3, 0.4) is 0 Å². The maximum Gasteiger partial charge on any atom is 0.191 e. The second kappa shape index (κ2) is 12.3. The van der Waals surface area contributed by atoms with Crippen LogP contribution in [0.2, 0.25) is 0 Å². The van der Waals surface area contributed by atoms with Gasteiger partial charge in [-0.25, -0.2) is 0 Å². The Morgan fingerprint density at radius 2 is 1.93 bits per heavy atom. The molecule has 0 saturated heterocycles. The van der Waals surface area contributed by atoms with Crippen molar-refractivity contribution in [2.45, 2.75) is 46.7 Å². The van der Waals surface area contributed by atoms with Crippen molar-refractivity contribution in [3.63, 3.8) is 0 Å². The van der Waals surface area contributed by atoms with Crippen LogP contribution in [0.15, 0.2) is 36.4 Å². The zero-order valence-corrected chi connectivity index (χ0v) is 17.8. The summed E-state index contributed by atoms with van der Waals surface area (Å²) >= 11 is 0. The zero-order valence-electron chi connectivity index (χ0n) is 17.8. The Morgan fingerprint density at radius 1 is 1.26 bits per heavy atom. The third-order valence-corrected chi connectivity index (χ3v) is 4.61. The first kappa shape index (κ1) is 23.0. The lowest BCUT2D eigenvalue weighted by Gasteiger charge is -2.33. The highest BCUT2D eigenvalue weighted by Gasteiger charge is 2.20. The molecule has 2 N–H and O–H groups in total. The fourth-order valence-electron chi connectivity index (χ4n) is 3.22. The number of guanidine groups is 1. The first-order chi connectivity index (χ1) is 12.9. The third kappa shape index (κ3) is 7.99. The first-order valence-electron chi connectivity index (χ1n) is 9.84. The van der Waals surface area contributed by atoms with Gasteiger partial charge in [0.15, 0.2) is 5.96 Å². The molecule has 0 aliphatic rings. The molecule has 0 aliphatic heterocycles. The second-order valence-corrected chi connectivity index (χ2v) is 7.23. The minimum atomic E-state index is 0.384. The van der Waals surface area contributed by atoms with E-state index in [-0.39, 0.29) is 0 Å². The van der Waals surface area contributed by atoms with Gasteiger partial charge in [0.2, 0.25) is 0 Å². The number of aliphatic imine (C=N–C) groups is 1. The van der Waals surface area contributed by atoms with Crippen LogP contribution >= 0.6 is 0 Å². The quantitative estimate of drug-likeness (QED) is 0.256. The smallest absolute Gasteiger partial charge is 0.191 e. The molecular weight excluding hydrogens is 336 g/mol. The van der Waals surface area contributed by atoms with Crippen molar-refractivity contribution in [3.05, 3.63) is 42.8 Å². The van der Waals surface area contributed by atoms with Gasteiger partial charge in [-0.15, -0.1) is 13.2 Å². The van der Waals surface area contributed by atoms with E-state index in [1.54, 1.807) is 0 Å². The van der Waals surface area contributed by atoms with Gasteiger partial charge in [0.1, 0.15) is 0 Å². The molecule has 1 unspecified atom stereocenters. The molecule has 0 aromatic carbocycles. The van der Waals surface area contributed by atoms with Gasteiger partial charge in [-0.1, -0.05) is 26.0 Å². The Bertz CT molecular complexity index is 592. The molecule has 1 rings (SSSR count). The van der Waals surface area contributed by atoms with E-state index >= 15 is 0 Å². The average Bonchev–Trinajstić information content (AvgIpc) is 2.94. The Morgan fingerprint density at radius 3 is 2.41 bits per heavy atom. The van der Waals surface area contributed by atoms with Crippen LogP contribution in [0.25, 0.3) is 0 Å². The van der Waals surface area contributed by atoms with E-state index in [4.69, 9.17) is 0 Å². The van der Waals surface area contributed by atoms with Crippen molar-refractivity contribution in [2.75, 3.05) is 33.2 Å². The van der Waals surface area contributed by atoms with Gasteiger partial charge in [0, 0.05) is 51.5 Å². The zero-order chi connectivity index (χ0) is 20.2. The van der Waals surface area contributed by atoms with Crippen molar-refractivity contribution < 1.29 is 0 Å². The van der Waals surface area contributed by atoms with Crippen molar-refractivity contribution in [1.82, 2.24) is 25.3 Å². The molecule has 6 heteroatoms. The summed E-state index contributed by atoms with van der Waals surface area (Å²) in [6, 6.07) is 2.49. The van der Waals surface area contributed by atoms with E-state index in [1.165, 1.54) is 5.69 Å². The maximum absolute atomic E-state index is 4.50. The number of hydrogen-bond donors (Lipinski definition) is 2. The van der Waals surface area contributed by atoms with E-state index in [0.717, 1.165) is 50.8 Å². The van der Waals surface area contributed by atoms with Crippen LogP contribution in [0.4, 0.5) is 0 Å². The summed E-state index contributed by atoms with van der Waals surface area (Å²) in [5.41, 5.74) is 2.28. The molecule has 0 bridgehead atoms. The lowest BCUT2D eigenvalue weighted by Crippen LogP contribution is -2.49. The SMILES string of the molecule is C=CCN(CC=C)C(CNC(=NC)NCCCn1nc(C)cc1C)C(C)C. The van der Waals surface area contributed by atoms with Gasteiger partial charge >= 0.3 is 0 Å². The summed E-state index contributed by atoms with van der Waals surface area (Å²) in [6.07, 6.45) is 4.89. The molecule has 0 fully saturated rings. The highest BCUT2D eigenvalue weighted by atomic mass is 15.3. The molecule has 0 radical (unpaired) electrons. The summed E-state index contributed by atoms with van der Waals surface area (Å²) < 4.78 is 2.06. The van der Waals surface area contributed by atoms with E-state index in [2.05, 4.69) is 70.3 Å². The Hall–Kier alpha value is -2.08. The van der Waals surface area contributed by atoms with Crippen LogP contribution in [0.5, 0.6) is 0 Å². The van der Waals surface area contributed by atoms with Gasteiger partial charge < -0.3 is 10.6 Å². The van der Waals surface area contributed by atoms with Crippen LogP contribution in [-0.4, -0.2) is 59.9 Å². The van der Waals surface area contributed by atoms with E-state index in [0.29, 0.717) is 12.0 Å². The molecule has 1 aromatic heterocycles. The van der Waals surface area contributed by atoms with Gasteiger partial charge in [0.05, 0.1) is 5.69 Å². The molecule has 0 spiro atoms. The van der Waals surface area contributed by atoms with E-state index < -0.39 is 0 Å². The molecule has 0 saturated carbocycles. The van der Waals surface area contributed by atoms with Crippen molar-refractivity contribution >= 4 is 5.96 Å². The number of aromatic nitrogens is 2. The largest absolute Gasteiger partial charge is 0.356 e. The normalized spacial score (nSPS) is 13.1. The molecule has 152 valence electrons. The molecule has 27 heavy (non-hydrogen) atoms. The Balaban J connectivity index is 2.47. The highest BCUT2D eigenvalue weighted by molar-refractivity contribution is 5.79. The highest BCUT2D eigenvalue weighted by Crippen LogP contribution is 2.10. The fourth-order valence-corrected chi connectivity index (χ4v) is 3.22. The number of hydrogen-bond acceptors (Lipinski definition) is 3. The summed E-state index contributed by atoms with van der Waals surface area (Å²) in [5, 5.41) is 11.4. The summed E-state index contributed by atoms with van der Waals surface area (Å²) in [6.45, 7) is 20.7. The molecule has 1 atom stereocenters. The predicted molar refractivity (Wildman–Crippen MR) is 116 cm³/mol. The van der Waals surface area contributed by atoms with Gasteiger partial charge in [-0.05, 0) is 32.3 Å². The molecule has 0 aliphatic carbocycles. The summed E-state index contributed by atoms with van der Waals surface area (Å²) in [4.78, 5) is 6.73. The summed E-state index contributed by atoms with van der Waals surface area (Å²) in [5.74, 6) is 1.35. The van der Waals surface area contributed by atoms with Gasteiger partial charge in [-0.2, -0.15) is 5.10 Å². The Kier molecular flexibility index (Phi) is 10.5. The summed E-state index contributed by atoms with van der Waals surface area (Å²) in [7, 11) is 1.81. The molecule has 1 heterocycles. The standard InChI is InChI=1S/C21H38N6/c1-8-12-26(13-9-2)20(17(3)4)16-24-21(22-7)23-11-10-14-27-19(6)15-18(5)25-27/h8-9,15,17,20H,1-2,10-14,16H2,3-7H3,(H2,22,23,24). The lowest BCUT2D eigenvalue weighted by atomic mass is 10.0. The molecule has 1 aromatic rings. The number of nitrogens with one attached hydrogen (secondary N) is 2. The topological polar surface area (TPSA) is 57.5 Å². The van der Waals surface area contributed by atoms with E-state index in [9.17, 15) is 0 Å². The third-order valence-electron chi connectivity index (χ3n) is 4.61. The fraction of sp³-hybridized carbons (Fsp3) is 0.619. The molecular formula is C21H38N6. The van der Waals surface area contributed by atoms with Crippen molar-refractivity contribution in [2.24, 2.45) is 10.9 Å². The van der Waals surface area contributed by atoms with Crippen LogP contribution < -0.4 is 10.6 Å². The number of nitrogens with zero attached hydrogens (tertiary/aromatic N) is 4. The monoisotopic (exact) mass is 374 g/mol. The van der Waals surface area contributed by atoms with Crippen molar-refractivity contribution in [3.8, 4) is 0 Å². The molecule has 6 nitrogen and oxygen atoms in total. The van der Waals surface area contributed by atoms with E-state index in [1.807, 2.05) is 26.1 Å². The number of rotatable bonds is 12. The van der Waals surface area contributed by atoms with Crippen LogP contribution in [0, 0.1) is 19.8 Å². The predicted octanol–water partition coefficient (Wildman–Crippen LogP) is 2.75. The lowest BCUT2D eigenvalue weighted by molar-refractivity contribution is 0.190. The maximum atomic E-state index is 4.50. The Labute approximate surface area is 165 Å². The van der Waals surface area contributed by atoms with Gasteiger partial charge in [-0.3, -0.25) is 14.6 Å². The minimum Gasteiger partial charge on any atom is -0.356 e. The second-order valence-electron chi connectivity index (χ2n) is 7.23. The number of aryl methyl sites for hydroxylation is 3. The average molecular weight is 375 g/mol. The molecule has 0 amide bonds. The van der Waals surface area contributed by atoms with Crippen LogP contribution in [0.1, 0.15) is 31.7 Å². The van der Waals surface area contributed by atoms with Crippen LogP contribution in [-0.2, 0) is 6.54 Å². The minimum absolute atomic E-state index is 0.384. The first-order valence-corrected chi connectivity index (χ1v) is 9.84. The van der Waals surface area contributed by atoms with Crippen molar-refractivity contribution in [1.29, 1.82) is 0 Å². The van der Waals surface area contributed by atoms with Gasteiger partial charge in [0.25, 0.3) is 0 Å².